The van der Waals surface area contributed by atoms with Crippen molar-refractivity contribution in [1.82, 2.24) is 5.32 Å². The van der Waals surface area contributed by atoms with Gasteiger partial charge in [0.15, 0.2) is 0 Å². The van der Waals surface area contributed by atoms with Crippen LogP contribution in [0.25, 0.3) is 0 Å². The Morgan fingerprint density at radius 1 is 1.45 bits per heavy atom. The van der Waals surface area contributed by atoms with E-state index in [0.29, 0.717) is 5.92 Å². The summed E-state index contributed by atoms with van der Waals surface area (Å²) in [5, 5.41) is 11.4. The van der Waals surface area contributed by atoms with Gasteiger partial charge in [0.1, 0.15) is 6.10 Å². The summed E-state index contributed by atoms with van der Waals surface area (Å²) in [5.74, 6) is 0.667. The Balaban J connectivity index is 1.92. The van der Waals surface area contributed by atoms with Crippen molar-refractivity contribution < 1.29 is 13.9 Å². The average Bonchev–Trinajstić information content (AvgIpc) is 2.71. The molecular formula is C7H13F2NO. The molecule has 0 spiro atoms. The summed E-state index contributed by atoms with van der Waals surface area (Å²) in [6.45, 7) is 0.776. The Morgan fingerprint density at radius 3 is 2.55 bits per heavy atom. The lowest BCUT2D eigenvalue weighted by molar-refractivity contribution is -0.00326. The molecule has 0 saturated heterocycles. The number of nitrogens with one attached hydrogen (secondary N) is 1. The highest BCUT2D eigenvalue weighted by atomic mass is 19.3. The van der Waals surface area contributed by atoms with Crippen LogP contribution < -0.4 is 5.32 Å². The van der Waals surface area contributed by atoms with Gasteiger partial charge in [0, 0.05) is 6.54 Å². The van der Waals surface area contributed by atoms with Gasteiger partial charge < -0.3 is 10.4 Å². The van der Waals surface area contributed by atoms with E-state index in [1.165, 1.54) is 12.8 Å². The first-order valence-electron chi connectivity index (χ1n) is 3.87. The molecule has 1 fully saturated rings. The predicted octanol–water partition coefficient (Wildman–Crippen LogP) is 0.612. The van der Waals surface area contributed by atoms with E-state index in [4.69, 9.17) is 5.11 Å². The van der Waals surface area contributed by atoms with E-state index < -0.39 is 12.5 Å². The van der Waals surface area contributed by atoms with Gasteiger partial charge in [-0.25, -0.2) is 8.78 Å². The second kappa shape index (κ2) is 3.97. The molecule has 0 aliphatic heterocycles. The van der Waals surface area contributed by atoms with Crippen LogP contribution in [0, 0.1) is 5.92 Å². The van der Waals surface area contributed by atoms with Crippen LogP contribution in [0.3, 0.4) is 0 Å². The van der Waals surface area contributed by atoms with Crippen molar-refractivity contribution in [2.75, 3.05) is 13.1 Å². The Labute approximate surface area is 64.6 Å². The van der Waals surface area contributed by atoms with E-state index in [2.05, 4.69) is 5.32 Å². The quantitative estimate of drug-likeness (QED) is 0.625. The van der Waals surface area contributed by atoms with Crippen LogP contribution >= 0.6 is 0 Å². The Bertz CT molecular complexity index is 117. The maximum absolute atomic E-state index is 11.7. The number of hydrogen-bond donors (Lipinski definition) is 2. The van der Waals surface area contributed by atoms with Gasteiger partial charge >= 0.3 is 0 Å². The van der Waals surface area contributed by atoms with E-state index in [0.717, 1.165) is 6.54 Å². The van der Waals surface area contributed by atoms with E-state index in [9.17, 15) is 8.78 Å². The molecule has 1 saturated carbocycles. The van der Waals surface area contributed by atoms with Gasteiger partial charge in [-0.3, -0.25) is 0 Å². The first-order valence-corrected chi connectivity index (χ1v) is 3.87. The van der Waals surface area contributed by atoms with Crippen LogP contribution in [0.5, 0.6) is 0 Å². The van der Waals surface area contributed by atoms with Crippen molar-refractivity contribution in [2.24, 2.45) is 5.92 Å². The summed E-state index contributed by atoms with van der Waals surface area (Å²) in [4.78, 5) is 0. The van der Waals surface area contributed by atoms with Gasteiger partial charge in [0.25, 0.3) is 6.43 Å². The van der Waals surface area contributed by atoms with Crippen molar-refractivity contribution in [1.29, 1.82) is 0 Å². The normalized spacial score (nSPS) is 20.7. The third-order valence-electron chi connectivity index (χ3n) is 1.77. The van der Waals surface area contributed by atoms with Crippen LogP contribution in [0.1, 0.15) is 12.8 Å². The van der Waals surface area contributed by atoms with Crippen molar-refractivity contribution in [3.8, 4) is 0 Å². The molecule has 1 unspecified atom stereocenters. The summed E-state index contributed by atoms with van der Waals surface area (Å²) >= 11 is 0. The van der Waals surface area contributed by atoms with Gasteiger partial charge in [-0.15, -0.1) is 0 Å². The van der Waals surface area contributed by atoms with Gasteiger partial charge in [0.05, 0.1) is 0 Å². The zero-order valence-corrected chi connectivity index (χ0v) is 6.26. The fourth-order valence-corrected chi connectivity index (χ4v) is 0.846. The molecular weight excluding hydrogens is 152 g/mol. The third kappa shape index (κ3) is 3.62. The Kier molecular flexibility index (Phi) is 3.20. The van der Waals surface area contributed by atoms with Gasteiger partial charge in [-0.2, -0.15) is 0 Å². The van der Waals surface area contributed by atoms with Crippen molar-refractivity contribution in [3.63, 3.8) is 0 Å². The maximum Gasteiger partial charge on any atom is 0.265 e. The molecule has 1 atom stereocenters. The number of hydrogen-bond acceptors (Lipinski definition) is 2. The van der Waals surface area contributed by atoms with Crippen molar-refractivity contribution >= 4 is 0 Å². The molecule has 11 heavy (non-hydrogen) atoms. The van der Waals surface area contributed by atoms with Crippen LogP contribution in [0.15, 0.2) is 0 Å². The number of halogens is 2. The third-order valence-corrected chi connectivity index (χ3v) is 1.77. The molecule has 0 radical (unpaired) electrons. The SMILES string of the molecule is OC(CNCC1CC1)C(F)F. The molecule has 2 N–H and O–H groups in total. The van der Waals surface area contributed by atoms with E-state index in [-0.39, 0.29) is 6.54 Å². The molecule has 0 heterocycles. The standard InChI is InChI=1S/C7H13F2NO/c8-7(9)6(11)4-10-3-5-1-2-5/h5-7,10-11H,1-4H2. The Hall–Kier alpha value is -0.220. The molecule has 1 aliphatic rings. The topological polar surface area (TPSA) is 32.3 Å². The highest BCUT2D eigenvalue weighted by Gasteiger charge is 2.22. The zero-order valence-electron chi connectivity index (χ0n) is 6.26. The van der Waals surface area contributed by atoms with Crippen molar-refractivity contribution in [2.45, 2.75) is 25.4 Å². The minimum absolute atomic E-state index is 0.00810. The molecule has 0 amide bonds. The lowest BCUT2D eigenvalue weighted by Crippen LogP contribution is -2.33. The maximum atomic E-state index is 11.7. The molecule has 0 aromatic heterocycles. The summed E-state index contributed by atoms with van der Waals surface area (Å²) in [7, 11) is 0. The number of rotatable bonds is 5. The second-order valence-corrected chi connectivity index (χ2v) is 3.00. The number of aliphatic hydroxyl groups is 1. The van der Waals surface area contributed by atoms with Crippen LogP contribution in [0.4, 0.5) is 8.78 Å². The smallest absolute Gasteiger partial charge is 0.265 e. The lowest BCUT2D eigenvalue weighted by atomic mass is 10.3. The zero-order chi connectivity index (χ0) is 8.27. The summed E-state index contributed by atoms with van der Waals surface area (Å²) in [5.41, 5.74) is 0. The average molecular weight is 165 g/mol. The minimum atomic E-state index is -2.62. The second-order valence-electron chi connectivity index (χ2n) is 3.00. The first-order chi connectivity index (χ1) is 5.20. The van der Waals surface area contributed by atoms with E-state index in [1.54, 1.807) is 0 Å². The molecule has 0 aromatic rings. The Morgan fingerprint density at radius 2 is 2.09 bits per heavy atom. The van der Waals surface area contributed by atoms with E-state index >= 15 is 0 Å². The van der Waals surface area contributed by atoms with Gasteiger partial charge in [0.2, 0.25) is 0 Å². The molecule has 1 aliphatic carbocycles. The number of aliphatic hydroxyl groups excluding tert-OH is 1. The minimum Gasteiger partial charge on any atom is -0.386 e. The largest absolute Gasteiger partial charge is 0.386 e. The van der Waals surface area contributed by atoms with Gasteiger partial charge in [-0.05, 0) is 25.3 Å². The number of alkyl halides is 2. The van der Waals surface area contributed by atoms with E-state index in [1.807, 2.05) is 0 Å². The molecule has 0 bridgehead atoms. The van der Waals surface area contributed by atoms with Gasteiger partial charge in [-0.1, -0.05) is 0 Å². The van der Waals surface area contributed by atoms with Crippen LogP contribution in [-0.2, 0) is 0 Å². The monoisotopic (exact) mass is 165 g/mol. The summed E-state index contributed by atoms with van der Waals surface area (Å²) in [6.07, 6.45) is -1.74. The molecule has 66 valence electrons. The first kappa shape index (κ1) is 8.87. The highest BCUT2D eigenvalue weighted by Crippen LogP contribution is 2.27. The fraction of sp³-hybridized carbons (Fsp3) is 1.00. The van der Waals surface area contributed by atoms with Crippen LogP contribution in [0.2, 0.25) is 0 Å². The fourth-order valence-electron chi connectivity index (χ4n) is 0.846. The lowest BCUT2D eigenvalue weighted by Gasteiger charge is -2.09. The van der Waals surface area contributed by atoms with Crippen LogP contribution in [-0.4, -0.2) is 30.7 Å². The molecule has 4 heteroatoms. The summed E-state index contributed by atoms with van der Waals surface area (Å²) in [6, 6.07) is 0. The molecule has 0 aromatic carbocycles. The van der Waals surface area contributed by atoms with Crippen molar-refractivity contribution in [3.05, 3.63) is 0 Å². The highest BCUT2D eigenvalue weighted by molar-refractivity contribution is 4.76. The predicted molar refractivity (Wildman–Crippen MR) is 37.6 cm³/mol. The molecule has 1 rings (SSSR count). The summed E-state index contributed by atoms with van der Waals surface area (Å²) < 4.78 is 23.4. The molecule has 2 nitrogen and oxygen atoms in total.